The maximum Gasteiger partial charge on any atom is 0.272 e. The molecule has 3 aromatic rings. The minimum atomic E-state index is -0.159. The number of amides is 1. The third-order valence-corrected chi connectivity index (χ3v) is 5.42. The molecular formula is C24H28N4O. The zero-order valence-corrected chi connectivity index (χ0v) is 16.8. The van der Waals surface area contributed by atoms with Gasteiger partial charge in [-0.25, -0.2) is 4.68 Å². The van der Waals surface area contributed by atoms with Gasteiger partial charge in [-0.2, -0.15) is 5.10 Å². The van der Waals surface area contributed by atoms with Gasteiger partial charge in [-0.15, -0.1) is 0 Å². The van der Waals surface area contributed by atoms with Gasteiger partial charge >= 0.3 is 0 Å². The van der Waals surface area contributed by atoms with Gasteiger partial charge < -0.3 is 5.32 Å². The van der Waals surface area contributed by atoms with E-state index in [0.717, 1.165) is 17.8 Å². The first-order valence-electron chi connectivity index (χ1n) is 10.5. The van der Waals surface area contributed by atoms with Crippen LogP contribution in [-0.4, -0.2) is 33.7 Å². The molecule has 5 heteroatoms. The number of para-hydroxylation sites is 1. The molecule has 0 spiro atoms. The van der Waals surface area contributed by atoms with Crippen LogP contribution in [0.5, 0.6) is 0 Å². The first kappa shape index (κ1) is 19.4. The van der Waals surface area contributed by atoms with Crippen molar-refractivity contribution in [1.29, 1.82) is 0 Å². The summed E-state index contributed by atoms with van der Waals surface area (Å²) in [6.07, 6.45) is 7.15. The Kier molecular flexibility index (Phi) is 6.37. The maximum absolute atomic E-state index is 12.4. The van der Waals surface area contributed by atoms with Crippen molar-refractivity contribution >= 4 is 5.91 Å². The molecule has 1 fully saturated rings. The molecule has 0 bridgehead atoms. The second-order valence-electron chi connectivity index (χ2n) is 7.67. The molecule has 1 aliphatic rings. The van der Waals surface area contributed by atoms with Crippen LogP contribution in [0.4, 0.5) is 0 Å². The van der Waals surface area contributed by atoms with Gasteiger partial charge in [-0.1, -0.05) is 55.3 Å². The summed E-state index contributed by atoms with van der Waals surface area (Å²) in [4.78, 5) is 15.0. The van der Waals surface area contributed by atoms with Gasteiger partial charge in [0.05, 0.1) is 5.69 Å². The van der Waals surface area contributed by atoms with Gasteiger partial charge in [0.2, 0.25) is 0 Å². The van der Waals surface area contributed by atoms with Crippen molar-refractivity contribution < 1.29 is 4.79 Å². The van der Waals surface area contributed by atoms with Crippen LogP contribution in [0.3, 0.4) is 0 Å². The van der Waals surface area contributed by atoms with Crippen LogP contribution >= 0.6 is 0 Å². The van der Waals surface area contributed by atoms with E-state index in [1.54, 1.807) is 10.7 Å². The topological polar surface area (TPSA) is 50.2 Å². The van der Waals surface area contributed by atoms with Gasteiger partial charge in [0.1, 0.15) is 0 Å². The molecule has 0 aliphatic carbocycles. The summed E-state index contributed by atoms with van der Waals surface area (Å²) in [5.41, 5.74) is 3.79. The van der Waals surface area contributed by atoms with E-state index in [9.17, 15) is 4.79 Å². The van der Waals surface area contributed by atoms with E-state index in [2.05, 4.69) is 39.6 Å². The zero-order valence-electron chi connectivity index (χ0n) is 16.8. The quantitative estimate of drug-likeness (QED) is 0.689. The molecule has 1 aromatic heterocycles. The highest BCUT2D eigenvalue weighted by Gasteiger charge is 2.11. The largest absolute Gasteiger partial charge is 0.347 e. The summed E-state index contributed by atoms with van der Waals surface area (Å²) in [6, 6.07) is 20.1. The van der Waals surface area contributed by atoms with E-state index in [4.69, 9.17) is 0 Å². The molecule has 150 valence electrons. The Morgan fingerprint density at radius 2 is 1.55 bits per heavy atom. The number of hydrogen-bond acceptors (Lipinski definition) is 3. The fourth-order valence-electron chi connectivity index (χ4n) is 3.76. The van der Waals surface area contributed by atoms with Crippen LogP contribution in [0.25, 0.3) is 5.69 Å². The molecule has 0 saturated carbocycles. The Morgan fingerprint density at radius 3 is 2.28 bits per heavy atom. The molecule has 0 unspecified atom stereocenters. The highest BCUT2D eigenvalue weighted by atomic mass is 16.1. The van der Waals surface area contributed by atoms with Crippen LogP contribution in [0.2, 0.25) is 0 Å². The molecule has 5 nitrogen and oxygen atoms in total. The highest BCUT2D eigenvalue weighted by molar-refractivity contribution is 5.92. The van der Waals surface area contributed by atoms with Crippen molar-refractivity contribution in [2.24, 2.45) is 0 Å². The molecule has 0 atom stereocenters. The van der Waals surface area contributed by atoms with Crippen LogP contribution in [0.15, 0.2) is 66.9 Å². The number of benzene rings is 2. The van der Waals surface area contributed by atoms with Crippen LogP contribution < -0.4 is 5.32 Å². The first-order valence-corrected chi connectivity index (χ1v) is 10.5. The minimum absolute atomic E-state index is 0.159. The van der Waals surface area contributed by atoms with Gasteiger partial charge in [-0.3, -0.25) is 9.69 Å². The van der Waals surface area contributed by atoms with Crippen molar-refractivity contribution in [2.45, 2.75) is 38.8 Å². The molecule has 2 heterocycles. The van der Waals surface area contributed by atoms with Crippen molar-refractivity contribution in [2.75, 3.05) is 13.1 Å². The monoisotopic (exact) mass is 388 g/mol. The van der Waals surface area contributed by atoms with Crippen molar-refractivity contribution in [1.82, 2.24) is 20.0 Å². The van der Waals surface area contributed by atoms with Crippen molar-refractivity contribution in [3.05, 3.63) is 83.7 Å². The highest BCUT2D eigenvalue weighted by Crippen LogP contribution is 2.14. The predicted octanol–water partition coefficient (Wildman–Crippen LogP) is 4.18. The normalized spacial score (nSPS) is 15.0. The number of carbonyl (C=O) groups is 1. The summed E-state index contributed by atoms with van der Waals surface area (Å²) in [5, 5.41) is 7.34. The Hall–Kier alpha value is -2.92. The fourth-order valence-corrected chi connectivity index (χ4v) is 3.76. The van der Waals surface area contributed by atoms with Crippen molar-refractivity contribution in [3.8, 4) is 5.69 Å². The lowest BCUT2D eigenvalue weighted by Crippen LogP contribution is -2.24. The van der Waals surface area contributed by atoms with E-state index in [0.29, 0.717) is 12.2 Å². The van der Waals surface area contributed by atoms with Gasteiger partial charge in [0.25, 0.3) is 5.91 Å². The lowest BCUT2D eigenvalue weighted by molar-refractivity contribution is 0.0945. The van der Waals surface area contributed by atoms with E-state index >= 15 is 0 Å². The predicted molar refractivity (Wildman–Crippen MR) is 115 cm³/mol. The standard InChI is InChI=1S/C24H28N4O/c29-24(23-14-17-28(26-23)22-8-4-3-5-9-22)25-18-20-10-12-21(13-11-20)19-27-15-6-1-2-7-16-27/h3-5,8-14,17H,1-2,6-7,15-16,18-19H2,(H,25,29). The van der Waals surface area contributed by atoms with Gasteiger partial charge in [-0.05, 0) is 55.3 Å². The summed E-state index contributed by atoms with van der Waals surface area (Å²) < 4.78 is 1.71. The summed E-state index contributed by atoms with van der Waals surface area (Å²) in [5.74, 6) is -0.159. The number of aromatic nitrogens is 2. The van der Waals surface area contributed by atoms with Crippen LogP contribution in [0.1, 0.15) is 47.3 Å². The number of likely N-dealkylation sites (tertiary alicyclic amines) is 1. The SMILES string of the molecule is O=C(NCc1ccc(CN2CCCCCC2)cc1)c1ccn(-c2ccccc2)n1. The molecule has 29 heavy (non-hydrogen) atoms. The Balaban J connectivity index is 1.30. The zero-order chi connectivity index (χ0) is 19.9. The molecular weight excluding hydrogens is 360 g/mol. The molecule has 1 saturated heterocycles. The second kappa shape index (κ2) is 9.52. The molecule has 1 aliphatic heterocycles. The van der Waals surface area contributed by atoms with E-state index in [-0.39, 0.29) is 5.91 Å². The number of nitrogens with one attached hydrogen (secondary N) is 1. The number of carbonyl (C=O) groups excluding carboxylic acids is 1. The van der Waals surface area contributed by atoms with Gasteiger partial charge in [0.15, 0.2) is 5.69 Å². The lowest BCUT2D eigenvalue weighted by atomic mass is 10.1. The third-order valence-electron chi connectivity index (χ3n) is 5.42. The van der Waals surface area contributed by atoms with E-state index in [1.165, 1.54) is 44.3 Å². The molecule has 4 rings (SSSR count). The van der Waals surface area contributed by atoms with E-state index < -0.39 is 0 Å². The Morgan fingerprint density at radius 1 is 0.862 bits per heavy atom. The average molecular weight is 389 g/mol. The van der Waals surface area contributed by atoms with Gasteiger partial charge in [0, 0.05) is 19.3 Å². The summed E-state index contributed by atoms with van der Waals surface area (Å²) in [7, 11) is 0. The first-order chi connectivity index (χ1) is 14.3. The minimum Gasteiger partial charge on any atom is -0.347 e. The number of nitrogens with zero attached hydrogens (tertiary/aromatic N) is 3. The molecule has 0 radical (unpaired) electrons. The van der Waals surface area contributed by atoms with E-state index in [1.807, 2.05) is 36.5 Å². The molecule has 1 amide bonds. The smallest absolute Gasteiger partial charge is 0.272 e. The summed E-state index contributed by atoms with van der Waals surface area (Å²) >= 11 is 0. The molecule has 2 aromatic carbocycles. The van der Waals surface area contributed by atoms with Crippen LogP contribution in [0, 0.1) is 0 Å². The third kappa shape index (κ3) is 5.33. The number of rotatable bonds is 6. The van der Waals surface area contributed by atoms with Crippen LogP contribution in [-0.2, 0) is 13.1 Å². The Labute approximate surface area is 172 Å². The van der Waals surface area contributed by atoms with Crippen molar-refractivity contribution in [3.63, 3.8) is 0 Å². The number of hydrogen-bond donors (Lipinski definition) is 1. The fraction of sp³-hybridized carbons (Fsp3) is 0.333. The summed E-state index contributed by atoms with van der Waals surface area (Å²) in [6.45, 7) is 3.92. The average Bonchev–Trinajstić information content (AvgIpc) is 3.13. The lowest BCUT2D eigenvalue weighted by Gasteiger charge is -2.19. The maximum atomic E-state index is 12.4. The Bertz CT molecular complexity index is 910. The second-order valence-corrected chi connectivity index (χ2v) is 7.67. The molecule has 1 N–H and O–H groups in total.